The molecule has 4 heteroatoms. The van der Waals surface area contributed by atoms with Crippen molar-refractivity contribution in [1.82, 2.24) is 15.1 Å². The van der Waals surface area contributed by atoms with Crippen LogP contribution in [0.5, 0.6) is 0 Å². The lowest BCUT2D eigenvalue weighted by Gasteiger charge is -2.10. The minimum atomic E-state index is 0.426. The van der Waals surface area contributed by atoms with Gasteiger partial charge in [-0.2, -0.15) is 5.10 Å². The summed E-state index contributed by atoms with van der Waals surface area (Å²) >= 11 is 0. The fourth-order valence-electron chi connectivity index (χ4n) is 3.02. The molecule has 1 unspecified atom stereocenters. The van der Waals surface area contributed by atoms with Gasteiger partial charge in [0.25, 0.3) is 0 Å². The lowest BCUT2D eigenvalue weighted by atomic mass is 10.2. The molecule has 2 fully saturated rings. The molecule has 4 nitrogen and oxygen atoms in total. The lowest BCUT2D eigenvalue weighted by molar-refractivity contribution is 0.110. The summed E-state index contributed by atoms with van der Waals surface area (Å²) in [7, 11) is 0. The molecule has 1 aliphatic carbocycles. The van der Waals surface area contributed by atoms with Gasteiger partial charge >= 0.3 is 0 Å². The second-order valence-electron chi connectivity index (χ2n) is 5.53. The molecular weight excluding hydrogens is 226 g/mol. The van der Waals surface area contributed by atoms with E-state index in [0.29, 0.717) is 12.1 Å². The largest absolute Gasteiger partial charge is 0.377 e. The topological polar surface area (TPSA) is 39.1 Å². The lowest BCUT2D eigenvalue weighted by Crippen LogP contribution is -2.25. The van der Waals surface area contributed by atoms with Crippen molar-refractivity contribution in [3.05, 3.63) is 18.0 Å². The highest BCUT2D eigenvalue weighted by molar-refractivity contribution is 5.04. The van der Waals surface area contributed by atoms with Gasteiger partial charge in [0.1, 0.15) is 0 Å². The highest BCUT2D eigenvalue weighted by Crippen LogP contribution is 2.28. The van der Waals surface area contributed by atoms with Crippen LogP contribution in [0.25, 0.3) is 0 Å². The van der Waals surface area contributed by atoms with Gasteiger partial charge in [-0.1, -0.05) is 12.8 Å². The monoisotopic (exact) mass is 249 g/mol. The van der Waals surface area contributed by atoms with Crippen LogP contribution >= 0.6 is 0 Å². The van der Waals surface area contributed by atoms with Crippen molar-refractivity contribution in [2.45, 2.75) is 57.2 Å². The zero-order valence-electron chi connectivity index (χ0n) is 11.0. The van der Waals surface area contributed by atoms with Gasteiger partial charge in [-0.3, -0.25) is 4.68 Å². The molecule has 1 saturated carbocycles. The Bertz CT molecular complexity index is 365. The van der Waals surface area contributed by atoms with Crippen LogP contribution < -0.4 is 5.32 Å². The maximum absolute atomic E-state index is 5.59. The first kappa shape index (κ1) is 12.2. The van der Waals surface area contributed by atoms with Crippen molar-refractivity contribution in [2.75, 3.05) is 13.2 Å². The Morgan fingerprint density at radius 2 is 2.17 bits per heavy atom. The summed E-state index contributed by atoms with van der Waals surface area (Å²) in [5, 5.41) is 7.96. The normalized spacial score (nSPS) is 25.0. The number of nitrogens with zero attached hydrogens (tertiary/aromatic N) is 2. The molecule has 2 heterocycles. The minimum Gasteiger partial charge on any atom is -0.377 e. The third-order valence-electron chi connectivity index (χ3n) is 4.08. The fraction of sp³-hybridized carbons (Fsp3) is 0.786. The Labute approximate surface area is 109 Å². The summed E-state index contributed by atoms with van der Waals surface area (Å²) in [6.45, 7) is 2.81. The van der Waals surface area contributed by atoms with Crippen LogP contribution in [0.4, 0.5) is 0 Å². The molecule has 0 amide bonds. The molecule has 1 aromatic rings. The predicted molar refractivity (Wildman–Crippen MR) is 70.4 cm³/mol. The Balaban J connectivity index is 1.44. The second kappa shape index (κ2) is 5.85. The molecule has 100 valence electrons. The van der Waals surface area contributed by atoms with Crippen molar-refractivity contribution in [3.63, 3.8) is 0 Å². The summed E-state index contributed by atoms with van der Waals surface area (Å²) in [5.41, 5.74) is 1.29. The van der Waals surface area contributed by atoms with E-state index in [2.05, 4.69) is 21.3 Å². The number of hydrogen-bond donors (Lipinski definition) is 1. The van der Waals surface area contributed by atoms with E-state index in [1.54, 1.807) is 0 Å². The number of rotatable bonds is 5. The van der Waals surface area contributed by atoms with Crippen molar-refractivity contribution in [2.24, 2.45) is 0 Å². The van der Waals surface area contributed by atoms with Crippen LogP contribution in [0.15, 0.2) is 12.4 Å². The average molecular weight is 249 g/mol. The molecule has 18 heavy (non-hydrogen) atoms. The van der Waals surface area contributed by atoms with Crippen LogP contribution in [0.2, 0.25) is 0 Å². The van der Waals surface area contributed by atoms with E-state index < -0.39 is 0 Å². The van der Waals surface area contributed by atoms with E-state index >= 15 is 0 Å². The van der Waals surface area contributed by atoms with E-state index in [4.69, 9.17) is 4.74 Å². The van der Waals surface area contributed by atoms with Gasteiger partial charge < -0.3 is 10.1 Å². The van der Waals surface area contributed by atoms with E-state index in [-0.39, 0.29) is 0 Å². The minimum absolute atomic E-state index is 0.426. The molecule has 1 saturated heterocycles. The molecule has 0 radical (unpaired) electrons. The Hall–Kier alpha value is -0.870. The maximum Gasteiger partial charge on any atom is 0.0700 e. The van der Waals surface area contributed by atoms with E-state index in [0.717, 1.165) is 19.7 Å². The zero-order chi connectivity index (χ0) is 12.2. The van der Waals surface area contributed by atoms with E-state index in [9.17, 15) is 0 Å². The number of ether oxygens (including phenoxy) is 1. The molecule has 0 spiro atoms. The van der Waals surface area contributed by atoms with Crippen molar-refractivity contribution in [3.8, 4) is 0 Å². The van der Waals surface area contributed by atoms with Crippen LogP contribution in [-0.4, -0.2) is 29.0 Å². The summed E-state index contributed by atoms with van der Waals surface area (Å²) in [5.74, 6) is 0. The number of nitrogens with one attached hydrogen (secondary N) is 1. The standard InChI is InChI=1S/C14H23N3O/c1-2-5-13(4-1)17-11-12(9-16-17)8-15-10-14-6-3-7-18-14/h9,11,13-15H,1-8,10H2. The first-order valence-electron chi connectivity index (χ1n) is 7.27. The molecule has 1 aliphatic heterocycles. The van der Waals surface area contributed by atoms with Gasteiger partial charge in [-0.15, -0.1) is 0 Å². The van der Waals surface area contributed by atoms with E-state index in [1.807, 2.05) is 6.20 Å². The molecule has 0 bridgehead atoms. The molecular formula is C14H23N3O. The third-order valence-corrected chi connectivity index (χ3v) is 4.08. The third kappa shape index (κ3) is 2.93. The Morgan fingerprint density at radius 3 is 2.94 bits per heavy atom. The maximum atomic E-state index is 5.59. The van der Waals surface area contributed by atoms with Crippen molar-refractivity contribution >= 4 is 0 Å². The highest BCUT2D eigenvalue weighted by atomic mass is 16.5. The van der Waals surface area contributed by atoms with E-state index in [1.165, 1.54) is 44.1 Å². The summed E-state index contributed by atoms with van der Waals surface area (Å²) in [6.07, 6.45) is 12.4. The van der Waals surface area contributed by atoms with Crippen LogP contribution in [-0.2, 0) is 11.3 Å². The summed E-state index contributed by atoms with van der Waals surface area (Å²) in [6, 6.07) is 0.650. The van der Waals surface area contributed by atoms with Crippen LogP contribution in [0.3, 0.4) is 0 Å². The SMILES string of the molecule is c1nn(C2CCCC2)cc1CNCC1CCCO1. The molecule has 3 rings (SSSR count). The average Bonchev–Trinajstić information content (AvgIpc) is 3.12. The van der Waals surface area contributed by atoms with Gasteiger partial charge in [0.15, 0.2) is 0 Å². The molecule has 1 atom stereocenters. The molecule has 1 aromatic heterocycles. The van der Waals surface area contributed by atoms with Crippen LogP contribution in [0.1, 0.15) is 50.1 Å². The predicted octanol–water partition coefficient (Wildman–Crippen LogP) is 2.27. The van der Waals surface area contributed by atoms with Crippen LogP contribution in [0, 0.1) is 0 Å². The molecule has 1 N–H and O–H groups in total. The Kier molecular flexibility index (Phi) is 3.96. The Morgan fingerprint density at radius 1 is 1.28 bits per heavy atom. The highest BCUT2D eigenvalue weighted by Gasteiger charge is 2.18. The quantitative estimate of drug-likeness (QED) is 0.870. The zero-order valence-corrected chi connectivity index (χ0v) is 11.0. The second-order valence-corrected chi connectivity index (χ2v) is 5.53. The fourth-order valence-corrected chi connectivity index (χ4v) is 3.02. The van der Waals surface area contributed by atoms with Gasteiger partial charge in [-0.05, 0) is 25.7 Å². The van der Waals surface area contributed by atoms with Gasteiger partial charge in [-0.25, -0.2) is 0 Å². The number of hydrogen-bond acceptors (Lipinski definition) is 3. The smallest absolute Gasteiger partial charge is 0.0700 e. The van der Waals surface area contributed by atoms with Gasteiger partial charge in [0, 0.05) is 31.5 Å². The molecule has 0 aromatic carbocycles. The molecule has 2 aliphatic rings. The first-order chi connectivity index (χ1) is 8.92. The summed E-state index contributed by atoms with van der Waals surface area (Å²) < 4.78 is 7.76. The van der Waals surface area contributed by atoms with Crippen molar-refractivity contribution < 1.29 is 4.74 Å². The first-order valence-corrected chi connectivity index (χ1v) is 7.27. The van der Waals surface area contributed by atoms with Gasteiger partial charge in [0.05, 0.1) is 18.3 Å². The van der Waals surface area contributed by atoms with Gasteiger partial charge in [0.2, 0.25) is 0 Å². The van der Waals surface area contributed by atoms with Crippen molar-refractivity contribution in [1.29, 1.82) is 0 Å². The summed E-state index contributed by atoms with van der Waals surface area (Å²) in [4.78, 5) is 0. The number of aromatic nitrogens is 2.